The van der Waals surface area contributed by atoms with Gasteiger partial charge in [-0.05, 0) is 29.8 Å². The maximum absolute atomic E-state index is 9.00. The first kappa shape index (κ1) is 12.6. The fourth-order valence-corrected chi connectivity index (χ4v) is 2.48. The van der Waals surface area contributed by atoms with Crippen molar-refractivity contribution >= 4 is 11.8 Å². The minimum absolute atomic E-state index is 0.577. The van der Waals surface area contributed by atoms with E-state index in [1.165, 1.54) is 0 Å². The zero-order chi connectivity index (χ0) is 12.8. The number of benzene rings is 1. The number of methoxy groups -OCH3 is 1. The summed E-state index contributed by atoms with van der Waals surface area (Å²) in [5.41, 5.74) is 1.69. The first-order chi connectivity index (χ1) is 8.83. The third-order valence-electron chi connectivity index (χ3n) is 2.48. The van der Waals surface area contributed by atoms with Gasteiger partial charge in [0.1, 0.15) is 17.6 Å². The van der Waals surface area contributed by atoms with Crippen LogP contribution in [0.2, 0.25) is 0 Å². The van der Waals surface area contributed by atoms with E-state index in [-0.39, 0.29) is 0 Å². The molecule has 0 aliphatic carbocycles. The van der Waals surface area contributed by atoms with Gasteiger partial charge in [0.15, 0.2) is 0 Å². The third-order valence-corrected chi connectivity index (χ3v) is 3.50. The second-order valence-corrected chi connectivity index (χ2v) is 4.70. The van der Waals surface area contributed by atoms with Crippen molar-refractivity contribution in [3.63, 3.8) is 0 Å². The lowest BCUT2D eigenvalue weighted by atomic mass is 10.1. The maximum atomic E-state index is 9.00. The molecule has 0 spiro atoms. The van der Waals surface area contributed by atoms with Crippen LogP contribution in [0.3, 0.4) is 0 Å². The molecule has 0 aliphatic heterocycles. The predicted octanol–water partition coefficient (Wildman–Crippen LogP) is 3.59. The highest BCUT2D eigenvalue weighted by Gasteiger charge is 2.04. The van der Waals surface area contributed by atoms with Crippen molar-refractivity contribution in [2.45, 2.75) is 11.5 Å². The summed E-state index contributed by atoms with van der Waals surface area (Å²) in [7, 11) is 1.57. The Morgan fingerprint density at radius 3 is 2.89 bits per heavy atom. The molecule has 0 amide bonds. The molecule has 2 rings (SSSR count). The zero-order valence-electron chi connectivity index (χ0n) is 10.1. The molecule has 1 heterocycles. The van der Waals surface area contributed by atoms with Crippen molar-refractivity contribution in [1.82, 2.24) is 0 Å². The lowest BCUT2D eigenvalue weighted by molar-refractivity contribution is 0.413. The lowest BCUT2D eigenvalue weighted by Gasteiger charge is -2.05. The lowest BCUT2D eigenvalue weighted by Crippen LogP contribution is -1.90. The van der Waals surface area contributed by atoms with Gasteiger partial charge in [0.2, 0.25) is 0 Å². The topological polar surface area (TPSA) is 46.2 Å². The van der Waals surface area contributed by atoms with E-state index in [2.05, 4.69) is 6.07 Å². The number of ether oxygens (including phenoxy) is 1. The quantitative estimate of drug-likeness (QED) is 0.823. The number of nitriles is 1. The van der Waals surface area contributed by atoms with Gasteiger partial charge >= 0.3 is 0 Å². The Labute approximate surface area is 110 Å². The molecule has 92 valence electrons. The smallest absolute Gasteiger partial charge is 0.136 e. The number of hydrogen-bond donors (Lipinski definition) is 0. The summed E-state index contributed by atoms with van der Waals surface area (Å²) < 4.78 is 10.4. The Bertz CT molecular complexity index is 543. The van der Waals surface area contributed by atoms with Crippen LogP contribution in [0.1, 0.15) is 16.9 Å². The summed E-state index contributed by atoms with van der Waals surface area (Å²) >= 11 is 1.75. The van der Waals surface area contributed by atoms with Gasteiger partial charge in [0.25, 0.3) is 0 Å². The largest absolute Gasteiger partial charge is 0.495 e. The van der Waals surface area contributed by atoms with Crippen molar-refractivity contribution in [2.24, 2.45) is 0 Å². The van der Waals surface area contributed by atoms with Crippen LogP contribution in [0.15, 0.2) is 41.0 Å². The van der Waals surface area contributed by atoms with Crippen LogP contribution in [0.25, 0.3) is 0 Å². The Kier molecular flexibility index (Phi) is 4.32. The minimum atomic E-state index is 0.577. The Hall–Kier alpha value is -1.86. The summed E-state index contributed by atoms with van der Waals surface area (Å²) in [4.78, 5) is 0. The molecule has 1 aromatic carbocycles. The summed E-state index contributed by atoms with van der Waals surface area (Å²) in [6, 6.07) is 11.7. The molecule has 0 fully saturated rings. The summed E-state index contributed by atoms with van der Waals surface area (Å²) in [6.07, 6.45) is 1.68. The standard InChI is InChI=1S/C14H13NO2S/c1-16-14-5-4-11(7-12(14)8-15)9-18-10-13-3-2-6-17-13/h2-7H,9-10H2,1H3. The van der Waals surface area contributed by atoms with E-state index in [0.29, 0.717) is 11.3 Å². The molecule has 4 heteroatoms. The molecule has 0 atom stereocenters. The van der Waals surface area contributed by atoms with Crippen LogP contribution in [0.4, 0.5) is 0 Å². The molecular weight excluding hydrogens is 246 g/mol. The van der Waals surface area contributed by atoms with Crippen molar-refractivity contribution < 1.29 is 9.15 Å². The molecule has 0 saturated carbocycles. The Balaban J connectivity index is 1.96. The molecule has 0 unspecified atom stereocenters. The fraction of sp³-hybridized carbons (Fsp3) is 0.214. The van der Waals surface area contributed by atoms with Gasteiger partial charge in [-0.2, -0.15) is 5.26 Å². The highest BCUT2D eigenvalue weighted by Crippen LogP contribution is 2.23. The second kappa shape index (κ2) is 6.18. The average Bonchev–Trinajstić information content (AvgIpc) is 2.91. The predicted molar refractivity (Wildman–Crippen MR) is 71.4 cm³/mol. The Morgan fingerprint density at radius 1 is 1.33 bits per heavy atom. The van der Waals surface area contributed by atoms with E-state index in [4.69, 9.17) is 14.4 Å². The van der Waals surface area contributed by atoms with Gasteiger partial charge in [-0.15, -0.1) is 11.8 Å². The van der Waals surface area contributed by atoms with E-state index in [1.54, 1.807) is 25.1 Å². The van der Waals surface area contributed by atoms with Gasteiger partial charge in [-0.1, -0.05) is 6.07 Å². The van der Waals surface area contributed by atoms with E-state index in [1.807, 2.05) is 30.3 Å². The number of furan rings is 1. The molecule has 2 aromatic rings. The number of rotatable bonds is 5. The van der Waals surface area contributed by atoms with Gasteiger partial charge < -0.3 is 9.15 Å². The molecule has 0 bridgehead atoms. The Morgan fingerprint density at radius 2 is 2.22 bits per heavy atom. The monoisotopic (exact) mass is 259 g/mol. The van der Waals surface area contributed by atoms with Crippen molar-refractivity contribution in [1.29, 1.82) is 5.26 Å². The van der Waals surface area contributed by atoms with Crippen molar-refractivity contribution in [3.05, 3.63) is 53.5 Å². The highest BCUT2D eigenvalue weighted by molar-refractivity contribution is 7.97. The van der Waals surface area contributed by atoms with E-state index < -0.39 is 0 Å². The third kappa shape index (κ3) is 3.08. The first-order valence-electron chi connectivity index (χ1n) is 5.50. The number of hydrogen-bond acceptors (Lipinski definition) is 4. The summed E-state index contributed by atoms with van der Waals surface area (Å²) in [5, 5.41) is 9.00. The van der Waals surface area contributed by atoms with Crippen LogP contribution in [0.5, 0.6) is 5.75 Å². The number of thioether (sulfide) groups is 1. The van der Waals surface area contributed by atoms with Gasteiger partial charge in [0.05, 0.1) is 24.7 Å². The molecule has 3 nitrogen and oxygen atoms in total. The molecule has 0 aliphatic rings. The average molecular weight is 259 g/mol. The molecule has 18 heavy (non-hydrogen) atoms. The highest BCUT2D eigenvalue weighted by atomic mass is 32.2. The van der Waals surface area contributed by atoms with Crippen LogP contribution < -0.4 is 4.74 Å². The fourth-order valence-electron chi connectivity index (χ4n) is 1.60. The van der Waals surface area contributed by atoms with E-state index in [0.717, 1.165) is 22.8 Å². The van der Waals surface area contributed by atoms with Crippen LogP contribution in [0, 0.1) is 11.3 Å². The molecular formula is C14H13NO2S. The zero-order valence-corrected chi connectivity index (χ0v) is 10.9. The van der Waals surface area contributed by atoms with Crippen molar-refractivity contribution in [3.8, 4) is 11.8 Å². The SMILES string of the molecule is COc1ccc(CSCc2ccco2)cc1C#N. The van der Waals surface area contributed by atoms with Crippen LogP contribution in [-0.2, 0) is 11.5 Å². The molecule has 0 radical (unpaired) electrons. The van der Waals surface area contributed by atoms with E-state index >= 15 is 0 Å². The van der Waals surface area contributed by atoms with Gasteiger partial charge in [0, 0.05) is 5.75 Å². The summed E-state index contributed by atoms with van der Waals surface area (Å²) in [5.74, 6) is 3.27. The molecule has 0 saturated heterocycles. The maximum Gasteiger partial charge on any atom is 0.136 e. The van der Waals surface area contributed by atoms with Gasteiger partial charge in [-0.3, -0.25) is 0 Å². The second-order valence-electron chi connectivity index (χ2n) is 3.72. The summed E-state index contributed by atoms with van der Waals surface area (Å²) in [6.45, 7) is 0. The van der Waals surface area contributed by atoms with Crippen LogP contribution in [-0.4, -0.2) is 7.11 Å². The first-order valence-corrected chi connectivity index (χ1v) is 6.66. The van der Waals surface area contributed by atoms with Crippen molar-refractivity contribution in [2.75, 3.05) is 7.11 Å². The molecule has 0 N–H and O–H groups in total. The molecule has 1 aromatic heterocycles. The van der Waals surface area contributed by atoms with Gasteiger partial charge in [-0.25, -0.2) is 0 Å². The number of nitrogens with zero attached hydrogens (tertiary/aromatic N) is 1. The van der Waals surface area contributed by atoms with Crippen LogP contribution >= 0.6 is 11.8 Å². The normalized spacial score (nSPS) is 10.0. The van der Waals surface area contributed by atoms with E-state index in [9.17, 15) is 0 Å². The minimum Gasteiger partial charge on any atom is -0.495 e.